The number of amides is 1. The van der Waals surface area contributed by atoms with Gasteiger partial charge >= 0.3 is 0 Å². The second kappa shape index (κ2) is 7.25. The number of nitrogens with one attached hydrogen (secondary N) is 1. The van der Waals surface area contributed by atoms with Crippen LogP contribution in [-0.4, -0.2) is 28.8 Å². The third-order valence-electron chi connectivity index (χ3n) is 4.86. The topological polar surface area (TPSA) is 50.2 Å². The average molecular weight is 344 g/mol. The standard InChI is InChI=1S/C19H25FN4O/c1-4-24(5-2)18-7-6-13(8-17(18)20)10-21-19(25)16-9-15(16)14-11-22-23(3)12-14/h6-8,11-12,15-16H,4-5,9-10H2,1-3H3,(H,21,25)/t15-,16-/m1/s1. The lowest BCUT2D eigenvalue weighted by Gasteiger charge is -2.22. The highest BCUT2D eigenvalue weighted by Gasteiger charge is 2.44. The average Bonchev–Trinajstić information content (AvgIpc) is 3.29. The smallest absolute Gasteiger partial charge is 0.224 e. The number of carbonyl (C=O) groups excluding carboxylic acids is 1. The number of nitrogens with zero attached hydrogens (tertiary/aromatic N) is 3. The molecule has 2 aromatic rings. The summed E-state index contributed by atoms with van der Waals surface area (Å²) in [5.41, 5.74) is 2.50. The number of halogens is 1. The normalized spacial score (nSPS) is 18.9. The molecule has 25 heavy (non-hydrogen) atoms. The van der Waals surface area contributed by atoms with Gasteiger partial charge in [-0.3, -0.25) is 9.48 Å². The summed E-state index contributed by atoms with van der Waals surface area (Å²) in [6.45, 7) is 5.89. The number of benzene rings is 1. The Labute approximate surface area is 147 Å². The zero-order chi connectivity index (χ0) is 18.0. The fourth-order valence-electron chi connectivity index (χ4n) is 3.29. The summed E-state index contributed by atoms with van der Waals surface area (Å²) in [7, 11) is 1.87. The van der Waals surface area contributed by atoms with E-state index in [0.717, 1.165) is 30.6 Å². The zero-order valence-electron chi connectivity index (χ0n) is 15.0. The molecule has 0 bridgehead atoms. The molecule has 5 nitrogen and oxygen atoms in total. The molecule has 1 N–H and O–H groups in total. The Morgan fingerprint density at radius 3 is 2.76 bits per heavy atom. The van der Waals surface area contributed by atoms with E-state index in [0.29, 0.717) is 12.2 Å². The predicted molar refractivity (Wildman–Crippen MR) is 95.9 cm³/mol. The molecule has 1 aromatic carbocycles. The molecule has 1 aliphatic carbocycles. The Morgan fingerprint density at radius 1 is 1.40 bits per heavy atom. The van der Waals surface area contributed by atoms with E-state index in [4.69, 9.17) is 0 Å². The van der Waals surface area contributed by atoms with Gasteiger partial charge in [0.1, 0.15) is 5.82 Å². The van der Waals surface area contributed by atoms with E-state index in [1.807, 2.05) is 44.3 Å². The lowest BCUT2D eigenvalue weighted by atomic mass is 10.1. The second-order valence-electron chi connectivity index (χ2n) is 6.57. The van der Waals surface area contributed by atoms with E-state index < -0.39 is 0 Å². The van der Waals surface area contributed by atoms with Crippen molar-refractivity contribution in [1.29, 1.82) is 0 Å². The van der Waals surface area contributed by atoms with Crippen molar-refractivity contribution in [2.24, 2.45) is 13.0 Å². The van der Waals surface area contributed by atoms with Crippen LogP contribution in [0.2, 0.25) is 0 Å². The van der Waals surface area contributed by atoms with Crippen molar-refractivity contribution < 1.29 is 9.18 Å². The van der Waals surface area contributed by atoms with Gasteiger partial charge in [-0.15, -0.1) is 0 Å². The van der Waals surface area contributed by atoms with Crippen molar-refractivity contribution in [3.05, 3.63) is 47.5 Å². The summed E-state index contributed by atoms with van der Waals surface area (Å²) in [6.07, 6.45) is 4.63. The molecule has 1 amide bonds. The van der Waals surface area contributed by atoms with Gasteiger partial charge in [0.15, 0.2) is 0 Å². The molecule has 0 unspecified atom stereocenters. The molecule has 1 heterocycles. The van der Waals surface area contributed by atoms with Crippen LogP contribution >= 0.6 is 0 Å². The van der Waals surface area contributed by atoms with Crippen LogP contribution in [0.25, 0.3) is 0 Å². The van der Waals surface area contributed by atoms with Crippen molar-refractivity contribution in [2.45, 2.75) is 32.7 Å². The van der Waals surface area contributed by atoms with Crippen LogP contribution in [0.3, 0.4) is 0 Å². The highest BCUT2D eigenvalue weighted by Crippen LogP contribution is 2.47. The van der Waals surface area contributed by atoms with Crippen LogP contribution in [0.4, 0.5) is 10.1 Å². The first-order chi connectivity index (χ1) is 12.0. The van der Waals surface area contributed by atoms with Crippen molar-refractivity contribution in [1.82, 2.24) is 15.1 Å². The maximum Gasteiger partial charge on any atom is 0.224 e. The summed E-state index contributed by atoms with van der Waals surface area (Å²) in [5, 5.41) is 7.08. The minimum Gasteiger partial charge on any atom is -0.370 e. The molecule has 6 heteroatoms. The Kier molecular flexibility index (Phi) is 5.06. The molecule has 0 radical (unpaired) electrons. The Bertz CT molecular complexity index is 754. The first-order valence-corrected chi connectivity index (χ1v) is 8.83. The molecule has 0 aliphatic heterocycles. The van der Waals surface area contributed by atoms with Crippen molar-refractivity contribution >= 4 is 11.6 Å². The van der Waals surface area contributed by atoms with Crippen LogP contribution in [0.15, 0.2) is 30.6 Å². The third-order valence-corrected chi connectivity index (χ3v) is 4.86. The Morgan fingerprint density at radius 2 is 2.16 bits per heavy atom. The lowest BCUT2D eigenvalue weighted by Crippen LogP contribution is -2.25. The fraction of sp³-hybridized carbons (Fsp3) is 0.474. The Balaban J connectivity index is 1.55. The van der Waals surface area contributed by atoms with Gasteiger partial charge < -0.3 is 10.2 Å². The molecule has 2 atom stereocenters. The van der Waals surface area contributed by atoms with Crippen molar-refractivity contribution in [3.63, 3.8) is 0 Å². The number of rotatable bonds is 7. The zero-order valence-corrected chi connectivity index (χ0v) is 15.0. The van der Waals surface area contributed by atoms with Crippen molar-refractivity contribution in [2.75, 3.05) is 18.0 Å². The molecular weight excluding hydrogens is 319 g/mol. The Hall–Kier alpha value is -2.37. The largest absolute Gasteiger partial charge is 0.370 e. The fourth-order valence-corrected chi connectivity index (χ4v) is 3.29. The van der Waals surface area contributed by atoms with Gasteiger partial charge in [0.05, 0.1) is 11.9 Å². The predicted octanol–water partition coefficient (Wildman–Crippen LogP) is 2.83. The molecule has 0 saturated heterocycles. The molecule has 3 rings (SSSR count). The van der Waals surface area contributed by atoms with E-state index >= 15 is 0 Å². The SMILES string of the molecule is CCN(CC)c1ccc(CNC(=O)[C@@H]2C[C@@H]2c2cnn(C)c2)cc1F. The summed E-state index contributed by atoms with van der Waals surface area (Å²) in [4.78, 5) is 14.3. The summed E-state index contributed by atoms with van der Waals surface area (Å²) in [5.74, 6) is 0.0525. The summed E-state index contributed by atoms with van der Waals surface area (Å²) in [6, 6.07) is 5.18. The van der Waals surface area contributed by atoms with Gasteiger partial charge in [0, 0.05) is 38.8 Å². The molecule has 1 saturated carbocycles. The first kappa shape index (κ1) is 17.5. The lowest BCUT2D eigenvalue weighted by molar-refractivity contribution is -0.122. The number of hydrogen-bond acceptors (Lipinski definition) is 3. The third kappa shape index (κ3) is 3.83. The highest BCUT2D eigenvalue weighted by atomic mass is 19.1. The molecular formula is C19H25FN4O. The van der Waals surface area contributed by atoms with Gasteiger partial charge in [-0.1, -0.05) is 6.07 Å². The van der Waals surface area contributed by atoms with E-state index in [9.17, 15) is 9.18 Å². The maximum absolute atomic E-state index is 14.3. The highest BCUT2D eigenvalue weighted by molar-refractivity contribution is 5.82. The van der Waals surface area contributed by atoms with Gasteiger partial charge in [0.2, 0.25) is 5.91 Å². The van der Waals surface area contributed by atoms with Crippen LogP contribution < -0.4 is 10.2 Å². The van der Waals surface area contributed by atoms with Gasteiger partial charge in [0.25, 0.3) is 0 Å². The number of anilines is 1. The number of aromatic nitrogens is 2. The maximum atomic E-state index is 14.3. The number of hydrogen-bond donors (Lipinski definition) is 1. The van der Waals surface area contributed by atoms with E-state index in [1.54, 1.807) is 10.7 Å². The van der Waals surface area contributed by atoms with E-state index in [1.165, 1.54) is 6.07 Å². The quantitative estimate of drug-likeness (QED) is 0.840. The summed E-state index contributed by atoms with van der Waals surface area (Å²) >= 11 is 0. The molecule has 1 fully saturated rings. The van der Waals surface area contributed by atoms with Crippen molar-refractivity contribution in [3.8, 4) is 0 Å². The minimum absolute atomic E-state index is 0.00370. The van der Waals surface area contributed by atoms with E-state index in [2.05, 4.69) is 10.4 Å². The summed E-state index contributed by atoms with van der Waals surface area (Å²) < 4.78 is 16.0. The van der Waals surface area contributed by atoms with Crippen LogP contribution in [-0.2, 0) is 18.4 Å². The second-order valence-corrected chi connectivity index (χ2v) is 6.57. The molecule has 0 spiro atoms. The van der Waals surface area contributed by atoms with Gasteiger partial charge in [-0.2, -0.15) is 5.10 Å². The van der Waals surface area contributed by atoms with Gasteiger partial charge in [-0.25, -0.2) is 4.39 Å². The number of carbonyl (C=O) groups is 1. The van der Waals surface area contributed by atoms with Crippen LogP contribution in [0.5, 0.6) is 0 Å². The number of aryl methyl sites for hydroxylation is 1. The first-order valence-electron chi connectivity index (χ1n) is 8.83. The monoisotopic (exact) mass is 344 g/mol. The minimum atomic E-state index is -0.241. The molecule has 1 aliphatic rings. The van der Waals surface area contributed by atoms with Crippen LogP contribution in [0.1, 0.15) is 37.3 Å². The molecule has 1 aromatic heterocycles. The van der Waals surface area contributed by atoms with Gasteiger partial charge in [-0.05, 0) is 49.4 Å². The van der Waals surface area contributed by atoms with Crippen LogP contribution in [0, 0.1) is 11.7 Å². The molecule has 134 valence electrons. The van der Waals surface area contributed by atoms with E-state index in [-0.39, 0.29) is 23.6 Å².